The molecule has 0 saturated carbocycles. The number of amides is 4. The lowest BCUT2D eigenvalue weighted by molar-refractivity contribution is -0.153. The van der Waals surface area contributed by atoms with Gasteiger partial charge in [-0.25, -0.2) is 4.79 Å². The highest BCUT2D eigenvalue weighted by atomic mass is 16.5. The van der Waals surface area contributed by atoms with Crippen molar-refractivity contribution in [1.82, 2.24) is 10.6 Å². The number of urea groups is 1. The number of rotatable bonds is 9. The molecule has 176 valence electrons. The molecule has 0 radical (unpaired) electrons. The van der Waals surface area contributed by atoms with Crippen molar-refractivity contribution in [1.29, 1.82) is 0 Å². The van der Waals surface area contributed by atoms with Crippen LogP contribution in [0.3, 0.4) is 0 Å². The molecule has 1 fully saturated rings. The van der Waals surface area contributed by atoms with Crippen molar-refractivity contribution in [3.8, 4) is 17.2 Å². The Bertz CT molecular complexity index is 1090. The number of imide groups is 2. The number of nitrogens with zero attached hydrogens (tertiary/aromatic N) is 1. The minimum Gasteiger partial charge on any atom is -0.467 e. The van der Waals surface area contributed by atoms with Crippen molar-refractivity contribution in [2.75, 3.05) is 24.7 Å². The summed E-state index contributed by atoms with van der Waals surface area (Å²) < 4.78 is 17.0. The maximum atomic E-state index is 12.6. The van der Waals surface area contributed by atoms with Crippen LogP contribution in [0.1, 0.15) is 13.3 Å². The molecule has 9 nitrogen and oxygen atoms in total. The topological polar surface area (TPSA) is 106 Å². The molecule has 0 bridgehead atoms. The highest BCUT2D eigenvalue weighted by molar-refractivity contribution is 6.21. The first-order valence-corrected chi connectivity index (χ1v) is 10.9. The van der Waals surface area contributed by atoms with Crippen LogP contribution in [0.2, 0.25) is 0 Å². The minimum absolute atomic E-state index is 0.0572. The van der Waals surface area contributed by atoms with Gasteiger partial charge in [0.05, 0.1) is 6.61 Å². The molecular weight excluding hydrogens is 438 g/mol. The van der Waals surface area contributed by atoms with Gasteiger partial charge in [0.2, 0.25) is 0 Å². The number of hydrogen-bond acceptors (Lipinski definition) is 7. The zero-order valence-electron chi connectivity index (χ0n) is 18.7. The van der Waals surface area contributed by atoms with Gasteiger partial charge in [-0.2, -0.15) is 0 Å². The zero-order valence-corrected chi connectivity index (χ0v) is 18.7. The molecule has 9 heteroatoms. The lowest BCUT2D eigenvalue weighted by Crippen LogP contribution is -2.69. The Morgan fingerprint density at radius 2 is 1.50 bits per heavy atom. The van der Waals surface area contributed by atoms with E-state index in [9.17, 15) is 14.4 Å². The minimum atomic E-state index is -1.92. The van der Waals surface area contributed by atoms with Gasteiger partial charge in [0, 0.05) is 31.5 Å². The molecule has 2 N–H and O–H groups in total. The largest absolute Gasteiger partial charge is 0.467 e. The Morgan fingerprint density at radius 3 is 2.09 bits per heavy atom. The maximum Gasteiger partial charge on any atom is 0.328 e. The molecular formula is C25H25N3O6. The van der Waals surface area contributed by atoms with Crippen molar-refractivity contribution in [2.24, 2.45) is 0 Å². The van der Waals surface area contributed by atoms with Crippen molar-refractivity contribution in [3.05, 3.63) is 73.0 Å². The summed E-state index contributed by atoms with van der Waals surface area (Å²) in [7, 11) is 0. The molecule has 4 amide bonds. The summed E-state index contributed by atoms with van der Waals surface area (Å²) in [6, 6.07) is 13.3. The van der Waals surface area contributed by atoms with Crippen LogP contribution in [-0.2, 0) is 14.3 Å². The molecule has 0 aliphatic carbocycles. The highest BCUT2D eigenvalue weighted by Gasteiger charge is 2.52. The van der Waals surface area contributed by atoms with Gasteiger partial charge < -0.3 is 19.1 Å². The fraction of sp³-hybridized carbons (Fsp3) is 0.240. The quantitative estimate of drug-likeness (QED) is 0.434. The number of nitrogens with one attached hydrogen (secondary N) is 2. The van der Waals surface area contributed by atoms with Crippen LogP contribution in [0.25, 0.3) is 0 Å². The number of allylic oxidation sites excluding steroid dienone is 2. The molecule has 2 aliphatic rings. The van der Waals surface area contributed by atoms with Crippen LogP contribution < -0.4 is 25.0 Å². The van der Waals surface area contributed by atoms with E-state index < -0.39 is 23.4 Å². The lowest BCUT2D eigenvalue weighted by atomic mass is 9.95. The smallest absolute Gasteiger partial charge is 0.328 e. The molecule has 34 heavy (non-hydrogen) atoms. The zero-order chi connectivity index (χ0) is 24.0. The monoisotopic (exact) mass is 463 g/mol. The standard InChI is InChI=1S/C25H25N3O6/c1-2-32-17-14-25(22(29)26-24(31)27-23(25)30)34-21-12-10-20(11-13-21)33-19-8-6-18(7-9-19)28-15-4-3-5-16-28/h3-13,15H,2,14,16-17H2,1H3,(H2,26,27,29,30,31). The van der Waals surface area contributed by atoms with Gasteiger partial charge in [-0.15, -0.1) is 0 Å². The average molecular weight is 463 g/mol. The Morgan fingerprint density at radius 1 is 0.882 bits per heavy atom. The van der Waals surface area contributed by atoms with Crippen LogP contribution in [0.4, 0.5) is 10.5 Å². The number of hydrogen-bond donors (Lipinski definition) is 2. The first-order chi connectivity index (χ1) is 16.5. The normalized spacial score (nSPS) is 16.7. The summed E-state index contributed by atoms with van der Waals surface area (Å²) in [6.45, 7) is 3.13. The number of carbonyl (C=O) groups excluding carboxylic acids is 3. The summed E-state index contributed by atoms with van der Waals surface area (Å²) in [5.74, 6) is -0.187. The van der Waals surface area contributed by atoms with E-state index in [0.29, 0.717) is 18.1 Å². The molecule has 1 saturated heterocycles. The molecule has 0 unspecified atom stereocenters. The van der Waals surface area contributed by atoms with Crippen LogP contribution in [-0.4, -0.2) is 43.2 Å². The number of ether oxygens (including phenoxy) is 3. The Labute approximate surface area is 197 Å². The molecule has 0 aromatic heterocycles. The second kappa shape index (κ2) is 10.2. The van der Waals surface area contributed by atoms with E-state index in [2.05, 4.69) is 21.6 Å². The fourth-order valence-corrected chi connectivity index (χ4v) is 3.55. The van der Waals surface area contributed by atoms with Crippen LogP contribution in [0.15, 0.2) is 73.0 Å². The molecule has 2 aromatic rings. The Hall–Kier alpha value is -4.11. The highest BCUT2D eigenvalue weighted by Crippen LogP contribution is 2.29. The van der Waals surface area contributed by atoms with E-state index in [1.54, 1.807) is 31.2 Å². The summed E-state index contributed by atoms with van der Waals surface area (Å²) in [5.41, 5.74) is -0.865. The molecule has 4 rings (SSSR count). The SMILES string of the molecule is CCOCCC1(Oc2ccc(Oc3ccc(N4C=CC=CC4)cc3)cc2)C(=O)NC(=O)NC1=O. The Kier molecular flexibility index (Phi) is 6.93. The van der Waals surface area contributed by atoms with Gasteiger partial charge in [0.15, 0.2) is 0 Å². The average Bonchev–Trinajstić information content (AvgIpc) is 2.84. The molecule has 0 atom stereocenters. The van der Waals surface area contributed by atoms with Gasteiger partial charge in [0.25, 0.3) is 17.4 Å². The van der Waals surface area contributed by atoms with Crippen molar-refractivity contribution < 1.29 is 28.6 Å². The van der Waals surface area contributed by atoms with Gasteiger partial charge in [0.1, 0.15) is 17.2 Å². The lowest BCUT2D eigenvalue weighted by Gasteiger charge is -2.34. The summed E-state index contributed by atoms with van der Waals surface area (Å²) in [6.07, 6.45) is 8.02. The van der Waals surface area contributed by atoms with E-state index in [1.807, 2.05) is 42.6 Å². The predicted molar refractivity (Wildman–Crippen MR) is 125 cm³/mol. The third-order valence-electron chi connectivity index (χ3n) is 5.33. The Balaban J connectivity index is 1.44. The third kappa shape index (κ3) is 5.10. The van der Waals surface area contributed by atoms with Gasteiger partial charge in [-0.05, 0) is 61.5 Å². The van der Waals surface area contributed by atoms with E-state index >= 15 is 0 Å². The number of barbiturate groups is 1. The van der Waals surface area contributed by atoms with E-state index in [4.69, 9.17) is 14.2 Å². The van der Waals surface area contributed by atoms with Gasteiger partial charge in [-0.1, -0.05) is 12.2 Å². The van der Waals surface area contributed by atoms with Crippen LogP contribution in [0.5, 0.6) is 17.2 Å². The van der Waals surface area contributed by atoms with Gasteiger partial charge >= 0.3 is 6.03 Å². The predicted octanol–water partition coefficient (Wildman–Crippen LogP) is 3.28. The van der Waals surface area contributed by atoms with Crippen molar-refractivity contribution in [2.45, 2.75) is 18.9 Å². The summed E-state index contributed by atoms with van der Waals surface area (Å²) in [5, 5.41) is 4.19. The second-order valence-corrected chi connectivity index (χ2v) is 7.60. The van der Waals surface area contributed by atoms with Crippen LogP contribution in [0, 0.1) is 0 Å². The van der Waals surface area contributed by atoms with Crippen molar-refractivity contribution in [3.63, 3.8) is 0 Å². The number of benzene rings is 2. The maximum absolute atomic E-state index is 12.6. The first-order valence-electron chi connectivity index (χ1n) is 10.9. The molecule has 2 aromatic carbocycles. The molecule has 2 heterocycles. The first kappa shape index (κ1) is 23.1. The summed E-state index contributed by atoms with van der Waals surface area (Å²) >= 11 is 0. The van der Waals surface area contributed by atoms with Gasteiger partial charge in [-0.3, -0.25) is 20.2 Å². The van der Waals surface area contributed by atoms with E-state index in [-0.39, 0.29) is 18.8 Å². The van der Waals surface area contributed by atoms with E-state index in [0.717, 1.165) is 12.2 Å². The van der Waals surface area contributed by atoms with E-state index in [1.165, 1.54) is 0 Å². The molecule has 2 aliphatic heterocycles. The molecule has 0 spiro atoms. The van der Waals surface area contributed by atoms with Crippen molar-refractivity contribution >= 4 is 23.5 Å². The fourth-order valence-electron chi connectivity index (χ4n) is 3.55. The number of carbonyl (C=O) groups is 3. The summed E-state index contributed by atoms with van der Waals surface area (Å²) in [4.78, 5) is 38.8. The van der Waals surface area contributed by atoms with Crippen LogP contribution >= 0.6 is 0 Å². The number of anilines is 1. The second-order valence-electron chi connectivity index (χ2n) is 7.60. The third-order valence-corrected chi connectivity index (χ3v) is 5.33.